The van der Waals surface area contributed by atoms with Crippen LogP contribution in [-0.2, 0) is 4.79 Å². The molecule has 0 spiro atoms. The quantitative estimate of drug-likeness (QED) is 0.643. The third-order valence-electron chi connectivity index (χ3n) is 4.36. The Labute approximate surface area is 153 Å². The highest BCUT2D eigenvalue weighted by Crippen LogP contribution is 2.22. The van der Waals surface area contributed by atoms with Gasteiger partial charge >= 0.3 is 0 Å². The van der Waals surface area contributed by atoms with E-state index >= 15 is 0 Å². The summed E-state index contributed by atoms with van der Waals surface area (Å²) in [5, 5.41) is 14.1. The predicted molar refractivity (Wildman–Crippen MR) is 97.4 cm³/mol. The van der Waals surface area contributed by atoms with Gasteiger partial charge in [-0.2, -0.15) is 0 Å². The monoisotopic (exact) mass is 376 g/mol. The summed E-state index contributed by atoms with van der Waals surface area (Å²) < 4.78 is 0. The van der Waals surface area contributed by atoms with Gasteiger partial charge in [0.05, 0.1) is 11.0 Å². The molecule has 1 atom stereocenters. The van der Waals surface area contributed by atoms with Gasteiger partial charge in [-0.15, -0.1) is 24.8 Å². The number of halogens is 2. The highest BCUT2D eigenvalue weighted by molar-refractivity contribution is 5.85. The molecule has 0 aromatic heterocycles. The number of nitro benzene ring substituents is 1. The molecule has 1 amide bonds. The lowest BCUT2D eigenvalue weighted by atomic mass is 10.1. The zero-order valence-electron chi connectivity index (χ0n) is 13.2. The molecule has 2 fully saturated rings. The number of hydrogen-bond acceptors (Lipinski definition) is 5. The van der Waals surface area contributed by atoms with E-state index in [0.29, 0.717) is 26.2 Å². The largest absolute Gasteiger partial charge is 0.368 e. The normalized spacial score (nSPS) is 20.1. The number of rotatable bonds is 3. The Balaban J connectivity index is 0.00000144. The lowest BCUT2D eigenvalue weighted by Gasteiger charge is -2.37. The summed E-state index contributed by atoms with van der Waals surface area (Å²) in [6, 6.07) is 6.64. The summed E-state index contributed by atoms with van der Waals surface area (Å²) in [5.74, 6) is 0.191. The Morgan fingerprint density at radius 1 is 1.21 bits per heavy atom. The summed E-state index contributed by atoms with van der Waals surface area (Å²) in [6.07, 6.45) is 1.98. The molecule has 1 aromatic rings. The Morgan fingerprint density at radius 3 is 2.50 bits per heavy atom. The van der Waals surface area contributed by atoms with E-state index in [1.165, 1.54) is 6.07 Å². The molecule has 0 saturated carbocycles. The fourth-order valence-corrected chi connectivity index (χ4v) is 3.10. The second-order valence-electron chi connectivity index (χ2n) is 5.74. The molecule has 0 bridgehead atoms. The van der Waals surface area contributed by atoms with E-state index in [2.05, 4.69) is 10.2 Å². The molecule has 2 aliphatic rings. The molecule has 1 aromatic carbocycles. The van der Waals surface area contributed by atoms with Crippen molar-refractivity contribution in [2.75, 3.05) is 37.6 Å². The number of nitrogens with zero attached hydrogens (tertiary/aromatic N) is 3. The van der Waals surface area contributed by atoms with E-state index in [1.807, 2.05) is 11.0 Å². The molecule has 1 N–H and O–H groups in total. The van der Waals surface area contributed by atoms with E-state index in [1.54, 1.807) is 12.1 Å². The van der Waals surface area contributed by atoms with Crippen LogP contribution in [0.2, 0.25) is 0 Å². The average Bonchev–Trinajstić information content (AvgIpc) is 3.09. The zero-order valence-corrected chi connectivity index (χ0v) is 14.9. The van der Waals surface area contributed by atoms with Gasteiger partial charge in [-0.3, -0.25) is 14.9 Å². The lowest BCUT2D eigenvalue weighted by molar-refractivity contribution is -0.384. The van der Waals surface area contributed by atoms with Crippen molar-refractivity contribution >= 4 is 42.1 Å². The van der Waals surface area contributed by atoms with Crippen LogP contribution in [0.5, 0.6) is 0 Å². The highest BCUT2D eigenvalue weighted by Gasteiger charge is 2.29. The van der Waals surface area contributed by atoms with Crippen molar-refractivity contribution in [2.45, 2.75) is 18.9 Å². The fraction of sp³-hybridized carbons (Fsp3) is 0.533. The SMILES string of the molecule is Cl.Cl.O=C([C@@H]1CCCN1)N1CCN(c2cccc([N+](=O)[O-])c2)CC1. The second kappa shape index (κ2) is 9.05. The molecule has 2 saturated heterocycles. The molecule has 3 rings (SSSR count). The van der Waals surface area contributed by atoms with Gasteiger partial charge in [0.25, 0.3) is 5.69 Å². The Hall–Kier alpha value is -1.57. The molecule has 134 valence electrons. The second-order valence-corrected chi connectivity index (χ2v) is 5.74. The smallest absolute Gasteiger partial charge is 0.271 e. The van der Waals surface area contributed by atoms with Crippen molar-refractivity contribution in [3.05, 3.63) is 34.4 Å². The molecule has 0 unspecified atom stereocenters. The molecule has 7 nitrogen and oxygen atoms in total. The minimum Gasteiger partial charge on any atom is -0.368 e. The molecule has 9 heteroatoms. The van der Waals surface area contributed by atoms with Crippen molar-refractivity contribution in [3.8, 4) is 0 Å². The van der Waals surface area contributed by atoms with Crippen LogP contribution < -0.4 is 10.2 Å². The maximum Gasteiger partial charge on any atom is 0.271 e. The summed E-state index contributed by atoms with van der Waals surface area (Å²) in [6.45, 7) is 3.67. The Bertz CT molecular complexity index is 574. The molecule has 2 heterocycles. The number of nitrogens with one attached hydrogen (secondary N) is 1. The number of piperazine rings is 1. The first-order valence-corrected chi connectivity index (χ1v) is 7.67. The Kier molecular flexibility index (Phi) is 7.72. The van der Waals surface area contributed by atoms with Crippen molar-refractivity contribution in [1.29, 1.82) is 0 Å². The molecule has 0 radical (unpaired) electrons. The summed E-state index contributed by atoms with van der Waals surface area (Å²) in [7, 11) is 0. The number of nitro groups is 1. The van der Waals surface area contributed by atoms with Crippen LogP contribution >= 0.6 is 24.8 Å². The number of amides is 1. The minimum absolute atomic E-state index is 0. The van der Waals surface area contributed by atoms with Crippen LogP contribution in [0.15, 0.2) is 24.3 Å². The maximum absolute atomic E-state index is 12.3. The van der Waals surface area contributed by atoms with Gasteiger partial charge in [0.2, 0.25) is 5.91 Å². The van der Waals surface area contributed by atoms with Crippen LogP contribution in [0.25, 0.3) is 0 Å². The van der Waals surface area contributed by atoms with Crippen molar-refractivity contribution < 1.29 is 9.72 Å². The topological polar surface area (TPSA) is 78.7 Å². The molecular weight excluding hydrogens is 355 g/mol. The van der Waals surface area contributed by atoms with E-state index in [4.69, 9.17) is 0 Å². The fourth-order valence-electron chi connectivity index (χ4n) is 3.10. The average molecular weight is 377 g/mol. The third-order valence-corrected chi connectivity index (χ3v) is 4.36. The number of hydrogen-bond donors (Lipinski definition) is 1. The molecule has 24 heavy (non-hydrogen) atoms. The maximum atomic E-state index is 12.3. The van der Waals surface area contributed by atoms with Crippen molar-refractivity contribution in [1.82, 2.24) is 10.2 Å². The lowest BCUT2D eigenvalue weighted by Crippen LogP contribution is -2.53. The van der Waals surface area contributed by atoms with Gasteiger partial charge in [0.1, 0.15) is 0 Å². The van der Waals surface area contributed by atoms with E-state index in [-0.39, 0.29) is 47.4 Å². The van der Waals surface area contributed by atoms with Gasteiger partial charge in [-0.25, -0.2) is 0 Å². The molecular formula is C15H22Cl2N4O3. The van der Waals surface area contributed by atoms with Crippen molar-refractivity contribution in [3.63, 3.8) is 0 Å². The van der Waals surface area contributed by atoms with Gasteiger partial charge in [-0.1, -0.05) is 6.07 Å². The molecule has 2 aliphatic heterocycles. The first-order chi connectivity index (χ1) is 10.6. The first kappa shape index (κ1) is 20.5. The van der Waals surface area contributed by atoms with Crippen LogP contribution in [0.1, 0.15) is 12.8 Å². The Morgan fingerprint density at radius 2 is 1.92 bits per heavy atom. The number of non-ortho nitro benzene ring substituents is 1. The van der Waals surface area contributed by atoms with Gasteiger partial charge < -0.3 is 15.1 Å². The number of carbonyl (C=O) groups excluding carboxylic acids is 1. The van der Waals surface area contributed by atoms with Crippen LogP contribution in [0, 0.1) is 10.1 Å². The van der Waals surface area contributed by atoms with Crippen LogP contribution in [0.4, 0.5) is 11.4 Å². The first-order valence-electron chi connectivity index (χ1n) is 7.67. The summed E-state index contributed by atoms with van der Waals surface area (Å²) in [5.41, 5.74) is 0.950. The number of anilines is 1. The van der Waals surface area contributed by atoms with Gasteiger partial charge in [0.15, 0.2) is 0 Å². The van der Waals surface area contributed by atoms with Crippen LogP contribution in [-0.4, -0.2) is 54.5 Å². The predicted octanol–water partition coefficient (Wildman–Crippen LogP) is 1.84. The summed E-state index contributed by atoms with van der Waals surface area (Å²) in [4.78, 5) is 26.8. The third kappa shape index (κ3) is 4.49. The zero-order chi connectivity index (χ0) is 15.5. The van der Waals surface area contributed by atoms with E-state index in [9.17, 15) is 14.9 Å². The van der Waals surface area contributed by atoms with E-state index in [0.717, 1.165) is 25.1 Å². The molecule has 0 aliphatic carbocycles. The minimum atomic E-state index is -0.380. The van der Waals surface area contributed by atoms with Gasteiger partial charge in [0, 0.05) is 44.0 Å². The van der Waals surface area contributed by atoms with Gasteiger partial charge in [-0.05, 0) is 25.5 Å². The standard InChI is InChI=1S/C15H20N4O3.2ClH/c20-15(14-5-2-6-16-14)18-9-7-17(8-10-18)12-3-1-4-13(11-12)19(21)22;;/h1,3-4,11,14,16H,2,5-10H2;2*1H/t14-;;/m0../s1. The van der Waals surface area contributed by atoms with Crippen LogP contribution in [0.3, 0.4) is 0 Å². The highest BCUT2D eigenvalue weighted by atomic mass is 35.5. The summed E-state index contributed by atoms with van der Waals surface area (Å²) >= 11 is 0. The number of carbonyl (C=O) groups is 1. The van der Waals surface area contributed by atoms with E-state index < -0.39 is 0 Å². The van der Waals surface area contributed by atoms with Crippen molar-refractivity contribution in [2.24, 2.45) is 0 Å². The number of benzene rings is 1.